The van der Waals surface area contributed by atoms with Gasteiger partial charge in [0.2, 0.25) is 0 Å². The van der Waals surface area contributed by atoms with Crippen LogP contribution in [0.25, 0.3) is 0 Å². The van der Waals surface area contributed by atoms with Gasteiger partial charge >= 0.3 is 0 Å². The van der Waals surface area contributed by atoms with Gasteiger partial charge in [0.15, 0.2) is 0 Å². The molecule has 0 nitrogen and oxygen atoms in total. The molecule has 0 aromatic heterocycles. The molecule has 5 heavy (non-hydrogen) atoms. The SMILES string of the molecule is SS.[Co].[Ni].[W]. The van der Waals surface area contributed by atoms with Crippen LogP contribution in [-0.4, -0.2) is 0 Å². The standard InChI is InChI=1S/Co.Ni.H2S2.W/c;;1-2;/h;;1-2H;. The number of hydrogen-bond donors (Lipinski definition) is 2. The molecular formula is H2CoNiS2W. The van der Waals surface area contributed by atoms with Gasteiger partial charge in [0.1, 0.15) is 0 Å². The Morgan fingerprint density at radius 2 is 1.00 bits per heavy atom. The van der Waals surface area contributed by atoms with Gasteiger partial charge in [0.25, 0.3) is 0 Å². The molecular weight excluding hydrogens is 366 g/mol. The van der Waals surface area contributed by atoms with Crippen LogP contribution < -0.4 is 0 Å². The smallest absolute Gasteiger partial charge is 0 e. The molecule has 0 fully saturated rings. The van der Waals surface area contributed by atoms with Crippen LogP contribution in [0.3, 0.4) is 0 Å². The topological polar surface area (TPSA) is 0 Å². The number of hydrogen-bond acceptors (Lipinski definition) is 2. The average Bonchev–Trinajstić information content (AvgIpc) is 1.00. The molecule has 0 N–H and O–H groups in total. The van der Waals surface area contributed by atoms with E-state index in [1.165, 1.54) is 0 Å². The Hall–Kier alpha value is 2.39. The van der Waals surface area contributed by atoms with Gasteiger partial charge in [-0.2, -0.15) is 0 Å². The predicted molar refractivity (Wildman–Crippen MR) is 18.0 cm³/mol. The van der Waals surface area contributed by atoms with Crippen molar-refractivity contribution in [3.05, 3.63) is 0 Å². The van der Waals surface area contributed by atoms with Gasteiger partial charge in [0, 0.05) is 54.3 Å². The maximum atomic E-state index is 3.22. The van der Waals surface area contributed by atoms with Crippen molar-refractivity contribution < 1.29 is 54.3 Å². The largest absolute Gasteiger partial charge is 0.115 e. The molecule has 0 aliphatic carbocycles. The zero-order chi connectivity index (χ0) is 2.00. The normalized spacial score (nSPS) is 1.20. The summed E-state index contributed by atoms with van der Waals surface area (Å²) in [6.07, 6.45) is 0. The fourth-order valence-corrected chi connectivity index (χ4v) is 0. The minimum atomic E-state index is 0. The van der Waals surface area contributed by atoms with Gasteiger partial charge in [-0.3, -0.25) is 0 Å². The molecule has 1 radical (unpaired) electrons. The first kappa shape index (κ1) is 26.3. The minimum absolute atomic E-state index is 0. The van der Waals surface area contributed by atoms with Crippen LogP contribution in [0, 0.1) is 0 Å². The molecule has 0 saturated heterocycles. The molecule has 0 atom stereocenters. The van der Waals surface area contributed by atoms with E-state index in [0.29, 0.717) is 0 Å². The van der Waals surface area contributed by atoms with Gasteiger partial charge in [-0.1, -0.05) is 0 Å². The van der Waals surface area contributed by atoms with Crippen molar-refractivity contribution in [2.75, 3.05) is 0 Å². The maximum Gasteiger partial charge on any atom is 0 e. The summed E-state index contributed by atoms with van der Waals surface area (Å²) in [5.41, 5.74) is 0. The molecule has 0 aromatic carbocycles. The van der Waals surface area contributed by atoms with Crippen molar-refractivity contribution in [3.63, 3.8) is 0 Å². The zero-order valence-electron chi connectivity index (χ0n) is 1.95. The van der Waals surface area contributed by atoms with Crippen molar-refractivity contribution in [3.8, 4) is 0 Å². The van der Waals surface area contributed by atoms with Crippen molar-refractivity contribution in [2.45, 2.75) is 0 Å². The van der Waals surface area contributed by atoms with E-state index in [4.69, 9.17) is 0 Å². The summed E-state index contributed by atoms with van der Waals surface area (Å²) in [5.74, 6) is 0. The molecule has 0 saturated carbocycles. The van der Waals surface area contributed by atoms with Crippen LogP contribution in [0.2, 0.25) is 0 Å². The van der Waals surface area contributed by atoms with E-state index < -0.39 is 0 Å². The van der Waals surface area contributed by atoms with Gasteiger partial charge in [-0.05, 0) is 0 Å². The van der Waals surface area contributed by atoms with Crippen LogP contribution in [0.4, 0.5) is 0 Å². The van der Waals surface area contributed by atoms with Crippen LogP contribution in [0.5, 0.6) is 0 Å². The predicted octanol–water partition coefficient (Wildman–Crippen LogP) is 0.754. The first-order valence-corrected chi connectivity index (χ1v) is 1.80. The molecule has 0 amide bonds. The summed E-state index contributed by atoms with van der Waals surface area (Å²) in [6.45, 7) is 0. The van der Waals surface area contributed by atoms with E-state index in [9.17, 15) is 0 Å². The molecule has 39 valence electrons. The fourth-order valence-electron chi connectivity index (χ4n) is 0. The number of thiol groups is 2. The summed E-state index contributed by atoms with van der Waals surface area (Å²) >= 11 is 6.44. The Morgan fingerprint density at radius 1 is 1.00 bits per heavy atom. The molecule has 0 spiro atoms. The Balaban J connectivity index is -0.00000000167. The van der Waals surface area contributed by atoms with E-state index in [1.807, 2.05) is 0 Å². The third-order valence-electron chi connectivity index (χ3n) is 0. The van der Waals surface area contributed by atoms with Crippen molar-refractivity contribution >= 4 is 23.3 Å². The molecule has 0 unspecified atom stereocenters. The molecule has 0 aromatic rings. The third-order valence-corrected chi connectivity index (χ3v) is 0. The van der Waals surface area contributed by atoms with E-state index in [-0.39, 0.29) is 54.3 Å². The van der Waals surface area contributed by atoms with Crippen LogP contribution in [0.15, 0.2) is 0 Å². The van der Waals surface area contributed by atoms with Gasteiger partial charge in [0.05, 0.1) is 0 Å². The second-order valence-corrected chi connectivity index (χ2v) is 0. The van der Waals surface area contributed by atoms with Crippen molar-refractivity contribution in [1.82, 2.24) is 0 Å². The summed E-state index contributed by atoms with van der Waals surface area (Å²) in [6, 6.07) is 0. The Kier molecular flexibility index (Phi) is 171. The first-order chi connectivity index (χ1) is 1.00. The summed E-state index contributed by atoms with van der Waals surface area (Å²) < 4.78 is 0. The van der Waals surface area contributed by atoms with Gasteiger partial charge in [-0.25, -0.2) is 0 Å². The van der Waals surface area contributed by atoms with Crippen LogP contribution in [0.1, 0.15) is 0 Å². The Bertz CT molecular complexity index is 9.61. The van der Waals surface area contributed by atoms with E-state index in [1.54, 1.807) is 0 Å². The molecule has 0 aliphatic heterocycles. The van der Waals surface area contributed by atoms with Crippen LogP contribution in [-0.2, 0) is 54.3 Å². The quantitative estimate of drug-likeness (QED) is 0.352. The molecule has 0 bridgehead atoms. The monoisotopic (exact) mass is 367 g/mol. The van der Waals surface area contributed by atoms with E-state index >= 15 is 0 Å². The van der Waals surface area contributed by atoms with Crippen LogP contribution >= 0.6 is 23.3 Å². The Labute approximate surface area is 76.8 Å². The van der Waals surface area contributed by atoms with Crippen molar-refractivity contribution in [1.29, 1.82) is 0 Å². The Morgan fingerprint density at radius 3 is 1.00 bits per heavy atom. The minimum Gasteiger partial charge on any atom is -0.115 e. The van der Waals surface area contributed by atoms with Gasteiger partial charge in [-0.15, -0.1) is 23.3 Å². The summed E-state index contributed by atoms with van der Waals surface area (Å²) in [5, 5.41) is 0. The molecule has 5 heteroatoms. The first-order valence-electron chi connectivity index (χ1n) is 0.200. The third kappa shape index (κ3) is 21.6. The number of rotatable bonds is 0. The second kappa shape index (κ2) is 32.5. The zero-order valence-corrected chi connectivity index (χ0v) is 8.70. The van der Waals surface area contributed by atoms with E-state index in [0.717, 1.165) is 0 Å². The van der Waals surface area contributed by atoms with E-state index in [2.05, 4.69) is 23.3 Å². The second-order valence-electron chi connectivity index (χ2n) is 0. The molecule has 0 heterocycles. The van der Waals surface area contributed by atoms with Crippen molar-refractivity contribution in [2.24, 2.45) is 0 Å². The maximum absolute atomic E-state index is 3.22. The fraction of sp³-hybridized carbons (Fsp3) is 0. The molecule has 0 aliphatic rings. The summed E-state index contributed by atoms with van der Waals surface area (Å²) in [7, 11) is 0. The summed E-state index contributed by atoms with van der Waals surface area (Å²) in [4.78, 5) is 0. The average molecular weight is 368 g/mol. The van der Waals surface area contributed by atoms with Gasteiger partial charge < -0.3 is 0 Å². The molecule has 0 rings (SSSR count).